The molecule has 0 aliphatic rings. The van der Waals surface area contributed by atoms with Crippen molar-refractivity contribution in [1.82, 2.24) is 10.3 Å². The minimum Gasteiger partial charge on any atom is -0.466 e. The second-order valence-electron chi connectivity index (χ2n) is 5.51. The summed E-state index contributed by atoms with van der Waals surface area (Å²) < 4.78 is 5.18. The molecule has 6 heteroatoms. The number of pyridine rings is 1. The van der Waals surface area contributed by atoms with Crippen LogP contribution < -0.4 is 10.2 Å². The first-order valence-electron chi connectivity index (χ1n) is 7.73. The van der Waals surface area contributed by atoms with Crippen LogP contribution in [0.1, 0.15) is 36.9 Å². The third-order valence-corrected chi connectivity index (χ3v) is 3.74. The van der Waals surface area contributed by atoms with Gasteiger partial charge in [-0.3, -0.25) is 4.79 Å². The molecule has 124 valence electrons. The van der Waals surface area contributed by atoms with Crippen molar-refractivity contribution in [2.24, 2.45) is 0 Å². The fourth-order valence-corrected chi connectivity index (χ4v) is 2.28. The van der Waals surface area contributed by atoms with Gasteiger partial charge < -0.3 is 19.7 Å². The maximum atomic E-state index is 12.2. The van der Waals surface area contributed by atoms with E-state index in [1.807, 2.05) is 6.07 Å². The number of hydrogen-bond donors (Lipinski definition) is 2. The van der Waals surface area contributed by atoms with Gasteiger partial charge in [0.05, 0.1) is 18.4 Å². The molecule has 2 aromatic rings. The largest absolute Gasteiger partial charge is 0.466 e. The van der Waals surface area contributed by atoms with Gasteiger partial charge in [0, 0.05) is 19.3 Å². The summed E-state index contributed by atoms with van der Waals surface area (Å²) >= 11 is 0. The lowest BCUT2D eigenvalue weighted by atomic mass is 10.0. The quantitative estimate of drug-likeness (QED) is 0.818. The molecule has 1 unspecified atom stereocenters. The summed E-state index contributed by atoms with van der Waals surface area (Å²) in [7, 11) is 0. The zero-order valence-corrected chi connectivity index (χ0v) is 13.7. The van der Waals surface area contributed by atoms with E-state index in [0.717, 1.165) is 18.9 Å². The molecule has 0 aliphatic heterocycles. The van der Waals surface area contributed by atoms with Crippen LogP contribution in [0.25, 0.3) is 0 Å². The first kappa shape index (κ1) is 17.0. The lowest BCUT2D eigenvalue weighted by Crippen LogP contribution is -2.38. The smallest absolute Gasteiger partial charge is 0.252 e. The van der Waals surface area contributed by atoms with Gasteiger partial charge in [-0.2, -0.15) is 0 Å². The molecule has 6 nitrogen and oxygen atoms in total. The second-order valence-corrected chi connectivity index (χ2v) is 5.51. The Morgan fingerprint density at radius 1 is 1.35 bits per heavy atom. The first-order chi connectivity index (χ1) is 11.0. The van der Waals surface area contributed by atoms with E-state index in [4.69, 9.17) is 4.42 Å². The lowest BCUT2D eigenvalue weighted by molar-refractivity contribution is 0.0330. The van der Waals surface area contributed by atoms with Gasteiger partial charge in [-0.05, 0) is 45.0 Å². The molecule has 0 aliphatic carbocycles. The van der Waals surface area contributed by atoms with Crippen molar-refractivity contribution in [1.29, 1.82) is 0 Å². The van der Waals surface area contributed by atoms with Crippen LogP contribution in [0.2, 0.25) is 0 Å². The Kier molecular flexibility index (Phi) is 5.39. The Bertz CT molecular complexity index is 617. The Hall–Kier alpha value is -2.34. The van der Waals surface area contributed by atoms with Crippen molar-refractivity contribution < 1.29 is 14.3 Å². The average molecular weight is 317 g/mol. The normalized spacial score (nSPS) is 13.4. The standard InChI is InChI=1S/C17H23N3O3/c1-4-20(5-2)15-9-8-13(11-18-15)16(21)19-12-17(3,22)14-7-6-10-23-14/h6-11,22H,4-5,12H2,1-3H3,(H,19,21). The number of aliphatic hydroxyl groups is 1. The number of carbonyl (C=O) groups is 1. The van der Waals surface area contributed by atoms with Crippen molar-refractivity contribution in [3.05, 3.63) is 48.0 Å². The van der Waals surface area contributed by atoms with Crippen molar-refractivity contribution in [2.45, 2.75) is 26.4 Å². The number of anilines is 1. The number of nitrogens with zero attached hydrogens (tertiary/aromatic N) is 2. The van der Waals surface area contributed by atoms with Crippen molar-refractivity contribution in [2.75, 3.05) is 24.5 Å². The van der Waals surface area contributed by atoms with Crippen molar-refractivity contribution in [3.8, 4) is 0 Å². The SMILES string of the molecule is CCN(CC)c1ccc(C(=O)NCC(C)(O)c2ccco2)cn1. The highest BCUT2D eigenvalue weighted by molar-refractivity contribution is 5.94. The van der Waals surface area contributed by atoms with E-state index < -0.39 is 5.60 Å². The van der Waals surface area contributed by atoms with Crippen LogP contribution in [0.5, 0.6) is 0 Å². The number of amides is 1. The van der Waals surface area contributed by atoms with Crippen LogP contribution in [-0.4, -0.2) is 35.6 Å². The molecule has 1 atom stereocenters. The van der Waals surface area contributed by atoms with Gasteiger partial charge in [-0.25, -0.2) is 4.98 Å². The van der Waals surface area contributed by atoms with E-state index in [2.05, 4.69) is 29.0 Å². The molecule has 0 fully saturated rings. The zero-order valence-electron chi connectivity index (χ0n) is 13.7. The second kappa shape index (κ2) is 7.28. The first-order valence-corrected chi connectivity index (χ1v) is 7.73. The third kappa shape index (κ3) is 4.10. The topological polar surface area (TPSA) is 78.6 Å². The molecule has 0 spiro atoms. The number of hydrogen-bond acceptors (Lipinski definition) is 5. The summed E-state index contributed by atoms with van der Waals surface area (Å²) in [5.41, 5.74) is -0.801. The molecule has 2 rings (SSSR count). The minimum atomic E-state index is -1.26. The van der Waals surface area contributed by atoms with E-state index in [0.29, 0.717) is 11.3 Å². The predicted octanol–water partition coefficient (Wildman–Crippen LogP) is 2.16. The van der Waals surface area contributed by atoms with Crippen LogP contribution in [0.4, 0.5) is 5.82 Å². The molecule has 2 heterocycles. The molecule has 0 radical (unpaired) electrons. The maximum Gasteiger partial charge on any atom is 0.252 e. The fraction of sp³-hybridized carbons (Fsp3) is 0.412. The summed E-state index contributed by atoms with van der Waals surface area (Å²) in [5.74, 6) is 0.970. The number of aromatic nitrogens is 1. The van der Waals surface area contributed by atoms with Gasteiger partial charge in [0.25, 0.3) is 5.91 Å². The Morgan fingerprint density at radius 2 is 2.09 bits per heavy atom. The van der Waals surface area contributed by atoms with Crippen LogP contribution in [-0.2, 0) is 5.60 Å². The lowest BCUT2D eigenvalue weighted by Gasteiger charge is -2.21. The Balaban J connectivity index is 1.98. The average Bonchev–Trinajstić information content (AvgIpc) is 3.10. The predicted molar refractivity (Wildman–Crippen MR) is 88.4 cm³/mol. The van der Waals surface area contributed by atoms with Gasteiger partial charge in [-0.1, -0.05) is 0 Å². The van der Waals surface area contributed by atoms with Gasteiger partial charge in [0.15, 0.2) is 0 Å². The summed E-state index contributed by atoms with van der Waals surface area (Å²) in [6.45, 7) is 7.48. The highest BCUT2D eigenvalue weighted by atomic mass is 16.4. The van der Waals surface area contributed by atoms with Crippen LogP contribution in [0.15, 0.2) is 41.1 Å². The van der Waals surface area contributed by atoms with Crippen LogP contribution in [0, 0.1) is 0 Å². The zero-order chi connectivity index (χ0) is 16.9. The van der Waals surface area contributed by atoms with Gasteiger partial charge in [-0.15, -0.1) is 0 Å². The van der Waals surface area contributed by atoms with E-state index in [1.165, 1.54) is 6.26 Å². The van der Waals surface area contributed by atoms with Crippen molar-refractivity contribution >= 4 is 11.7 Å². The fourth-order valence-electron chi connectivity index (χ4n) is 2.28. The summed E-state index contributed by atoms with van der Waals surface area (Å²) in [5, 5.41) is 13.0. The monoisotopic (exact) mass is 317 g/mol. The number of nitrogens with one attached hydrogen (secondary N) is 1. The van der Waals surface area contributed by atoms with E-state index in [9.17, 15) is 9.90 Å². The maximum absolute atomic E-state index is 12.2. The molecule has 0 bridgehead atoms. The molecule has 2 aromatic heterocycles. The molecular formula is C17H23N3O3. The highest BCUT2D eigenvalue weighted by Gasteiger charge is 2.27. The number of rotatable bonds is 7. The highest BCUT2D eigenvalue weighted by Crippen LogP contribution is 2.20. The van der Waals surface area contributed by atoms with E-state index in [1.54, 1.807) is 31.3 Å². The third-order valence-electron chi connectivity index (χ3n) is 3.74. The van der Waals surface area contributed by atoms with Gasteiger partial charge in [0.2, 0.25) is 0 Å². The van der Waals surface area contributed by atoms with Gasteiger partial charge >= 0.3 is 0 Å². The van der Waals surface area contributed by atoms with Crippen LogP contribution in [0.3, 0.4) is 0 Å². The molecule has 1 amide bonds. The molecular weight excluding hydrogens is 294 g/mol. The Morgan fingerprint density at radius 3 is 2.61 bits per heavy atom. The van der Waals surface area contributed by atoms with Gasteiger partial charge in [0.1, 0.15) is 17.2 Å². The minimum absolute atomic E-state index is 0.0527. The van der Waals surface area contributed by atoms with E-state index in [-0.39, 0.29) is 12.5 Å². The summed E-state index contributed by atoms with van der Waals surface area (Å²) in [6.07, 6.45) is 3.03. The molecule has 0 aromatic carbocycles. The number of carbonyl (C=O) groups excluding carboxylic acids is 1. The molecule has 23 heavy (non-hydrogen) atoms. The van der Waals surface area contributed by atoms with Crippen LogP contribution >= 0.6 is 0 Å². The van der Waals surface area contributed by atoms with Crippen molar-refractivity contribution in [3.63, 3.8) is 0 Å². The summed E-state index contributed by atoms with van der Waals surface area (Å²) in [4.78, 5) is 18.6. The molecule has 2 N–H and O–H groups in total. The molecule has 0 saturated carbocycles. The molecule has 0 saturated heterocycles. The summed E-state index contributed by atoms with van der Waals surface area (Å²) in [6, 6.07) is 6.93. The Labute approximate surface area is 136 Å². The van der Waals surface area contributed by atoms with E-state index >= 15 is 0 Å². The number of furan rings is 1.